The van der Waals surface area contributed by atoms with Crippen LogP contribution in [0.25, 0.3) is 0 Å². The number of hydrogen-bond donors (Lipinski definition) is 1. The van der Waals surface area contributed by atoms with Crippen molar-refractivity contribution in [3.63, 3.8) is 0 Å². The number of amides is 2. The lowest BCUT2D eigenvalue weighted by Gasteiger charge is -2.17. The molecule has 3 rings (SSSR count). The Bertz CT molecular complexity index is 788. The fourth-order valence-electron chi connectivity index (χ4n) is 2.70. The molecule has 1 fully saturated rings. The molecule has 142 valence electrons. The number of nitrogens with zero attached hydrogens (tertiary/aromatic N) is 2. The maximum atomic E-state index is 12.3. The van der Waals surface area contributed by atoms with Gasteiger partial charge < -0.3 is 19.7 Å². The molecule has 0 radical (unpaired) electrons. The lowest BCUT2D eigenvalue weighted by atomic mass is 10.2. The third kappa shape index (κ3) is 5.68. The molecular weight excluding hydrogens is 414 g/mol. The van der Waals surface area contributed by atoms with Gasteiger partial charge in [0.05, 0.1) is 11.0 Å². The number of carbonyl (C=O) groups is 2. The Morgan fingerprint density at radius 2 is 2.04 bits per heavy atom. The molecular formula is C19H20BrN3O4. The molecule has 1 aromatic heterocycles. The normalized spacial score (nSPS) is 16.0. The minimum absolute atomic E-state index is 0.104. The number of alkyl carbamates (subject to hydrolysis) is 1. The van der Waals surface area contributed by atoms with Gasteiger partial charge in [-0.15, -0.1) is 0 Å². The van der Waals surface area contributed by atoms with Crippen molar-refractivity contribution < 1.29 is 19.1 Å². The number of carbonyl (C=O) groups excluding carboxylic acids is 2. The minimum atomic E-state index is -0.614. The third-order valence-corrected chi connectivity index (χ3v) is 4.70. The zero-order chi connectivity index (χ0) is 19.1. The van der Waals surface area contributed by atoms with E-state index in [-0.39, 0.29) is 25.2 Å². The molecule has 1 atom stereocenters. The van der Waals surface area contributed by atoms with Gasteiger partial charge in [0.25, 0.3) is 0 Å². The molecule has 1 aliphatic heterocycles. The van der Waals surface area contributed by atoms with Crippen molar-refractivity contribution >= 4 is 27.9 Å². The zero-order valence-electron chi connectivity index (χ0n) is 14.6. The Labute approximate surface area is 165 Å². The highest BCUT2D eigenvalue weighted by Crippen LogP contribution is 2.24. The number of pyridine rings is 1. The molecule has 1 saturated heterocycles. The van der Waals surface area contributed by atoms with Crippen molar-refractivity contribution in [2.45, 2.75) is 19.1 Å². The first-order chi connectivity index (χ1) is 13.1. The van der Waals surface area contributed by atoms with Crippen molar-refractivity contribution in [2.24, 2.45) is 0 Å². The van der Waals surface area contributed by atoms with Crippen LogP contribution in [0.3, 0.4) is 0 Å². The lowest BCUT2D eigenvalue weighted by molar-refractivity contribution is -0.129. The van der Waals surface area contributed by atoms with Crippen LogP contribution in [0, 0.1) is 0 Å². The van der Waals surface area contributed by atoms with Crippen LogP contribution in [0.4, 0.5) is 4.79 Å². The first-order valence-corrected chi connectivity index (χ1v) is 9.40. The van der Waals surface area contributed by atoms with Crippen LogP contribution in [0.2, 0.25) is 0 Å². The average molecular weight is 434 g/mol. The second-order valence-corrected chi connectivity index (χ2v) is 6.93. The molecule has 27 heavy (non-hydrogen) atoms. The standard InChI is InChI=1S/C19H20BrN3O4/c20-16-7-4-9-21-18(16)27-15-8-10-23(12-15)17(24)11-22-19(25)26-13-14-5-2-1-3-6-14/h1-7,9,15H,8,10-13H2,(H,22,25)/t15-/m0/s1. The van der Waals surface area contributed by atoms with E-state index >= 15 is 0 Å². The Balaban J connectivity index is 1.38. The van der Waals surface area contributed by atoms with Gasteiger partial charge in [-0.05, 0) is 33.6 Å². The summed E-state index contributed by atoms with van der Waals surface area (Å²) in [4.78, 5) is 29.8. The van der Waals surface area contributed by atoms with Gasteiger partial charge in [0.1, 0.15) is 19.3 Å². The van der Waals surface area contributed by atoms with Crippen molar-refractivity contribution in [1.29, 1.82) is 0 Å². The number of rotatable bonds is 6. The molecule has 0 spiro atoms. The van der Waals surface area contributed by atoms with E-state index in [1.54, 1.807) is 11.1 Å². The fraction of sp³-hybridized carbons (Fsp3) is 0.316. The number of halogens is 1. The monoisotopic (exact) mass is 433 g/mol. The molecule has 2 amide bonds. The van der Waals surface area contributed by atoms with Gasteiger partial charge in [-0.1, -0.05) is 30.3 Å². The van der Waals surface area contributed by atoms with Crippen LogP contribution in [0.1, 0.15) is 12.0 Å². The summed E-state index contributed by atoms with van der Waals surface area (Å²) < 4.78 is 11.7. The summed E-state index contributed by atoms with van der Waals surface area (Å²) in [5.74, 6) is 0.345. The van der Waals surface area contributed by atoms with Crippen molar-refractivity contribution in [3.05, 3.63) is 58.7 Å². The largest absolute Gasteiger partial charge is 0.472 e. The summed E-state index contributed by atoms with van der Waals surface area (Å²) in [5, 5.41) is 2.49. The maximum Gasteiger partial charge on any atom is 0.407 e. The number of benzene rings is 1. The van der Waals surface area contributed by atoms with Gasteiger partial charge in [0.15, 0.2) is 0 Å². The smallest absolute Gasteiger partial charge is 0.407 e. The highest BCUT2D eigenvalue weighted by atomic mass is 79.9. The van der Waals surface area contributed by atoms with E-state index in [1.807, 2.05) is 42.5 Å². The van der Waals surface area contributed by atoms with Gasteiger partial charge >= 0.3 is 6.09 Å². The molecule has 0 aliphatic carbocycles. The van der Waals surface area contributed by atoms with Crippen LogP contribution in [0.5, 0.6) is 5.88 Å². The molecule has 1 N–H and O–H groups in total. The van der Waals surface area contributed by atoms with Gasteiger partial charge in [-0.2, -0.15) is 0 Å². The Hall–Kier alpha value is -2.61. The Morgan fingerprint density at radius 1 is 1.22 bits per heavy atom. The molecule has 0 unspecified atom stereocenters. The molecule has 8 heteroatoms. The fourth-order valence-corrected chi connectivity index (χ4v) is 3.05. The first-order valence-electron chi connectivity index (χ1n) is 8.61. The molecule has 2 heterocycles. The van der Waals surface area contributed by atoms with Gasteiger partial charge in [0, 0.05) is 19.2 Å². The Morgan fingerprint density at radius 3 is 2.81 bits per heavy atom. The van der Waals surface area contributed by atoms with E-state index in [9.17, 15) is 9.59 Å². The van der Waals surface area contributed by atoms with E-state index in [1.165, 1.54) is 0 Å². The first kappa shape index (κ1) is 19.2. The Kier molecular flexibility index (Phi) is 6.64. The van der Waals surface area contributed by atoms with Gasteiger partial charge in [-0.3, -0.25) is 4.79 Å². The number of nitrogens with one attached hydrogen (secondary N) is 1. The van der Waals surface area contributed by atoms with Crippen molar-refractivity contribution in [1.82, 2.24) is 15.2 Å². The van der Waals surface area contributed by atoms with Crippen LogP contribution in [-0.2, 0) is 16.1 Å². The number of hydrogen-bond acceptors (Lipinski definition) is 5. The molecule has 2 aromatic rings. The van der Waals surface area contributed by atoms with E-state index in [0.29, 0.717) is 25.4 Å². The zero-order valence-corrected chi connectivity index (χ0v) is 16.2. The maximum absolute atomic E-state index is 12.3. The SMILES string of the molecule is O=C(NCC(=O)N1CC[C@H](Oc2ncccc2Br)C1)OCc1ccccc1. The van der Waals surface area contributed by atoms with Crippen LogP contribution >= 0.6 is 15.9 Å². The number of aromatic nitrogens is 1. The quantitative estimate of drug-likeness (QED) is 0.757. The van der Waals surface area contributed by atoms with Crippen LogP contribution < -0.4 is 10.1 Å². The second kappa shape index (κ2) is 9.36. The van der Waals surface area contributed by atoms with Crippen molar-refractivity contribution in [2.75, 3.05) is 19.6 Å². The summed E-state index contributed by atoms with van der Waals surface area (Å²) in [7, 11) is 0. The summed E-state index contributed by atoms with van der Waals surface area (Å²) in [6.07, 6.45) is 1.64. The second-order valence-electron chi connectivity index (χ2n) is 6.07. The number of likely N-dealkylation sites (tertiary alicyclic amines) is 1. The van der Waals surface area contributed by atoms with Crippen molar-refractivity contribution in [3.8, 4) is 5.88 Å². The van der Waals surface area contributed by atoms with Crippen LogP contribution in [0.15, 0.2) is 53.1 Å². The highest BCUT2D eigenvalue weighted by molar-refractivity contribution is 9.10. The van der Waals surface area contributed by atoms with E-state index < -0.39 is 6.09 Å². The molecule has 1 aromatic carbocycles. The predicted molar refractivity (Wildman–Crippen MR) is 102 cm³/mol. The van der Waals surface area contributed by atoms with E-state index in [4.69, 9.17) is 9.47 Å². The molecule has 7 nitrogen and oxygen atoms in total. The topological polar surface area (TPSA) is 80.8 Å². The van der Waals surface area contributed by atoms with Crippen LogP contribution in [-0.4, -0.2) is 47.6 Å². The molecule has 0 bridgehead atoms. The minimum Gasteiger partial charge on any atom is -0.472 e. The van der Waals surface area contributed by atoms with E-state index in [0.717, 1.165) is 10.0 Å². The predicted octanol–water partition coefficient (Wildman–Crippen LogP) is 2.75. The number of ether oxygens (including phenoxy) is 2. The average Bonchev–Trinajstić information content (AvgIpc) is 3.16. The third-order valence-electron chi connectivity index (χ3n) is 4.10. The van der Waals surface area contributed by atoms with Gasteiger partial charge in [0.2, 0.25) is 11.8 Å². The summed E-state index contributed by atoms with van der Waals surface area (Å²) in [6, 6.07) is 13.0. The highest BCUT2D eigenvalue weighted by Gasteiger charge is 2.28. The summed E-state index contributed by atoms with van der Waals surface area (Å²) in [6.45, 7) is 1.10. The molecule has 0 saturated carbocycles. The molecule has 1 aliphatic rings. The lowest BCUT2D eigenvalue weighted by Crippen LogP contribution is -2.40. The summed E-state index contributed by atoms with van der Waals surface area (Å²) >= 11 is 3.39. The van der Waals surface area contributed by atoms with E-state index in [2.05, 4.69) is 26.2 Å². The van der Waals surface area contributed by atoms with Gasteiger partial charge in [-0.25, -0.2) is 9.78 Å². The summed E-state index contributed by atoms with van der Waals surface area (Å²) in [5.41, 5.74) is 0.888.